The number of cyclic esters (lactones) is 1. The molecular formula is C26H32O10. The predicted molar refractivity (Wildman–Crippen MR) is 120 cm³/mol. The second-order valence-electron chi connectivity index (χ2n) is 10.8. The van der Waals surface area contributed by atoms with Crippen LogP contribution in [0.2, 0.25) is 0 Å². The van der Waals surface area contributed by atoms with Gasteiger partial charge in [0.15, 0.2) is 0 Å². The lowest BCUT2D eigenvalue weighted by Gasteiger charge is -2.71. The molecule has 0 amide bonds. The van der Waals surface area contributed by atoms with Crippen LogP contribution in [0.5, 0.6) is 0 Å². The first-order valence-electron chi connectivity index (χ1n) is 12.4. The van der Waals surface area contributed by atoms with E-state index in [9.17, 15) is 19.2 Å². The molecule has 0 N–H and O–H groups in total. The van der Waals surface area contributed by atoms with E-state index in [1.807, 2.05) is 6.92 Å². The third kappa shape index (κ3) is 3.48. The Kier molecular flexibility index (Phi) is 5.93. The van der Waals surface area contributed by atoms with Gasteiger partial charge in [-0.1, -0.05) is 6.92 Å². The summed E-state index contributed by atoms with van der Waals surface area (Å²) in [6.07, 6.45) is 2.95. The van der Waals surface area contributed by atoms with Crippen molar-refractivity contribution in [3.8, 4) is 0 Å². The van der Waals surface area contributed by atoms with E-state index < -0.39 is 58.6 Å². The van der Waals surface area contributed by atoms with E-state index >= 15 is 0 Å². The highest BCUT2D eigenvalue weighted by molar-refractivity contribution is 5.81. The van der Waals surface area contributed by atoms with Gasteiger partial charge in [0, 0.05) is 39.2 Å². The number of carbonyl (C=O) groups excluding carboxylic acids is 4. The summed E-state index contributed by atoms with van der Waals surface area (Å²) >= 11 is 0. The molecule has 2 saturated carbocycles. The molecule has 4 aliphatic rings. The Morgan fingerprint density at radius 2 is 1.81 bits per heavy atom. The molecule has 2 aliphatic heterocycles. The second kappa shape index (κ2) is 8.61. The van der Waals surface area contributed by atoms with Crippen molar-refractivity contribution >= 4 is 23.9 Å². The second-order valence-corrected chi connectivity index (χ2v) is 10.8. The molecule has 0 unspecified atom stereocenters. The lowest BCUT2D eigenvalue weighted by atomic mass is 9.39. The van der Waals surface area contributed by atoms with Gasteiger partial charge in [0.05, 0.1) is 30.0 Å². The van der Waals surface area contributed by atoms with Gasteiger partial charge in [-0.25, -0.2) is 0 Å². The molecule has 5 rings (SSSR count). The predicted octanol–water partition coefficient (Wildman–Crippen LogP) is 2.89. The van der Waals surface area contributed by atoms with Crippen LogP contribution < -0.4 is 0 Å². The smallest absolute Gasteiger partial charge is 0.313 e. The number of furan rings is 1. The van der Waals surface area contributed by atoms with Gasteiger partial charge in [-0.15, -0.1) is 0 Å². The number of hydrogen-bond donors (Lipinski definition) is 0. The largest absolute Gasteiger partial charge is 0.472 e. The molecule has 8 atom stereocenters. The number of fused-ring (bicyclic) bond motifs is 1. The molecule has 0 radical (unpaired) electrons. The molecule has 3 heterocycles. The standard InChI is InChI=1S/C26H32O10/c1-14-7-22(35-17(4)29)26-13-33-24(26,12-32-15(2)27)9-19(34-16(3)28)8-21(26)25(14)10-20(36-23(25)30)18-5-6-31-11-18/h5-6,11,14,19-22H,7-10,12-13H2,1-4H3/t14-,19+,20+,21-,22-,24+,25-,26+/m1/s1. The molecule has 2 aliphatic carbocycles. The fourth-order valence-electron chi connectivity index (χ4n) is 7.53. The zero-order valence-electron chi connectivity index (χ0n) is 20.9. The molecule has 36 heavy (non-hydrogen) atoms. The van der Waals surface area contributed by atoms with Crippen LogP contribution in [0.25, 0.3) is 0 Å². The Morgan fingerprint density at radius 1 is 1.06 bits per heavy atom. The van der Waals surface area contributed by atoms with Gasteiger partial charge in [-0.2, -0.15) is 0 Å². The van der Waals surface area contributed by atoms with E-state index in [1.165, 1.54) is 27.0 Å². The summed E-state index contributed by atoms with van der Waals surface area (Å²) < 4.78 is 34.4. The highest BCUT2D eigenvalue weighted by Gasteiger charge is 2.80. The lowest BCUT2D eigenvalue weighted by molar-refractivity contribution is -0.382. The number of rotatable bonds is 5. The Bertz CT molecular complexity index is 1060. The molecule has 0 bridgehead atoms. The molecule has 1 aromatic heterocycles. The average Bonchev–Trinajstić information content (AvgIpc) is 3.41. The number of hydrogen-bond acceptors (Lipinski definition) is 10. The molecule has 10 heteroatoms. The molecule has 0 aromatic carbocycles. The van der Waals surface area contributed by atoms with Gasteiger partial charge in [0.1, 0.15) is 30.5 Å². The molecule has 2 spiro atoms. The van der Waals surface area contributed by atoms with Crippen molar-refractivity contribution in [3.63, 3.8) is 0 Å². The zero-order valence-corrected chi connectivity index (χ0v) is 20.9. The van der Waals surface area contributed by atoms with Crippen LogP contribution >= 0.6 is 0 Å². The molecular weight excluding hydrogens is 472 g/mol. The molecule has 10 nitrogen and oxygen atoms in total. The van der Waals surface area contributed by atoms with Gasteiger partial charge in [-0.3, -0.25) is 19.2 Å². The molecule has 4 fully saturated rings. The normalized spacial score (nSPS) is 40.9. The van der Waals surface area contributed by atoms with Crippen LogP contribution in [0.3, 0.4) is 0 Å². The maximum Gasteiger partial charge on any atom is 0.313 e. The summed E-state index contributed by atoms with van der Waals surface area (Å²) in [7, 11) is 0. The summed E-state index contributed by atoms with van der Waals surface area (Å²) in [5.41, 5.74) is -2.07. The quantitative estimate of drug-likeness (QED) is 0.436. The fraction of sp³-hybridized carbons (Fsp3) is 0.692. The summed E-state index contributed by atoms with van der Waals surface area (Å²) in [5, 5.41) is 0. The first kappa shape index (κ1) is 24.8. The molecule has 1 aromatic rings. The Hall–Kier alpha value is -2.88. The van der Waals surface area contributed by atoms with Crippen molar-refractivity contribution in [2.45, 2.75) is 77.3 Å². The van der Waals surface area contributed by atoms with Gasteiger partial charge >= 0.3 is 23.9 Å². The Morgan fingerprint density at radius 3 is 2.39 bits per heavy atom. The van der Waals surface area contributed by atoms with E-state index in [2.05, 4.69) is 0 Å². The van der Waals surface area contributed by atoms with Crippen molar-refractivity contribution in [1.29, 1.82) is 0 Å². The van der Waals surface area contributed by atoms with Gasteiger partial charge < -0.3 is 28.1 Å². The minimum absolute atomic E-state index is 0.0982. The lowest BCUT2D eigenvalue weighted by Crippen LogP contribution is -2.81. The van der Waals surface area contributed by atoms with E-state index in [4.69, 9.17) is 28.1 Å². The van der Waals surface area contributed by atoms with Crippen LogP contribution in [-0.4, -0.2) is 54.9 Å². The highest BCUT2D eigenvalue weighted by atomic mass is 16.6. The maximum absolute atomic E-state index is 13.8. The van der Waals surface area contributed by atoms with E-state index in [0.717, 1.165) is 5.56 Å². The highest BCUT2D eigenvalue weighted by Crippen LogP contribution is 2.72. The summed E-state index contributed by atoms with van der Waals surface area (Å²) in [5.74, 6) is -2.31. The Balaban J connectivity index is 1.63. The van der Waals surface area contributed by atoms with Gasteiger partial charge in [0.25, 0.3) is 0 Å². The van der Waals surface area contributed by atoms with Crippen molar-refractivity contribution in [2.75, 3.05) is 13.2 Å². The monoisotopic (exact) mass is 504 g/mol. The van der Waals surface area contributed by atoms with Crippen LogP contribution in [0.15, 0.2) is 23.0 Å². The topological polar surface area (TPSA) is 128 Å². The summed E-state index contributed by atoms with van der Waals surface area (Å²) in [6, 6.07) is 1.78. The number of ether oxygens (including phenoxy) is 5. The van der Waals surface area contributed by atoms with Crippen LogP contribution in [0.1, 0.15) is 65.0 Å². The fourth-order valence-corrected chi connectivity index (χ4v) is 7.53. The van der Waals surface area contributed by atoms with Gasteiger partial charge in [0.2, 0.25) is 0 Å². The third-order valence-corrected chi connectivity index (χ3v) is 8.97. The van der Waals surface area contributed by atoms with Crippen LogP contribution in [0, 0.1) is 22.7 Å². The SMILES string of the molecule is CC(=O)OC[C@@]12C[C@@H](OC(C)=O)C[C@@H]3[C@@]4(C[C@@H](c5ccoc5)OC4=O)[C@H](C)C[C@@H](OC(C)=O)[C@]31CO2. The molecule has 2 saturated heterocycles. The molecule has 196 valence electrons. The van der Waals surface area contributed by atoms with Crippen LogP contribution in [0.4, 0.5) is 0 Å². The summed E-state index contributed by atoms with van der Waals surface area (Å²) in [4.78, 5) is 49.9. The minimum Gasteiger partial charge on any atom is -0.472 e. The summed E-state index contributed by atoms with van der Waals surface area (Å²) in [6.45, 7) is 6.11. The number of carbonyl (C=O) groups is 4. The van der Waals surface area contributed by atoms with Crippen molar-refractivity contribution in [1.82, 2.24) is 0 Å². The maximum atomic E-state index is 13.8. The van der Waals surface area contributed by atoms with Crippen LogP contribution in [-0.2, 0) is 42.9 Å². The first-order chi connectivity index (χ1) is 17.0. The first-order valence-corrected chi connectivity index (χ1v) is 12.4. The van der Waals surface area contributed by atoms with E-state index in [-0.39, 0.29) is 31.5 Å². The average molecular weight is 505 g/mol. The van der Waals surface area contributed by atoms with E-state index in [1.54, 1.807) is 12.3 Å². The van der Waals surface area contributed by atoms with Crippen molar-refractivity contribution in [2.24, 2.45) is 22.7 Å². The third-order valence-electron chi connectivity index (χ3n) is 8.97. The van der Waals surface area contributed by atoms with Crippen molar-refractivity contribution < 1.29 is 47.3 Å². The Labute approximate surface area is 208 Å². The zero-order chi connectivity index (χ0) is 25.9. The van der Waals surface area contributed by atoms with Gasteiger partial charge in [-0.05, 0) is 30.7 Å². The van der Waals surface area contributed by atoms with E-state index in [0.29, 0.717) is 19.3 Å². The minimum atomic E-state index is -1.08. The van der Waals surface area contributed by atoms with Crippen molar-refractivity contribution in [3.05, 3.63) is 24.2 Å². The number of esters is 4.